The number of esters is 1. The van der Waals surface area contributed by atoms with E-state index in [1.807, 2.05) is 61.5 Å². The molecular weight excluding hydrogens is 790 g/mol. The van der Waals surface area contributed by atoms with Crippen molar-refractivity contribution in [1.29, 1.82) is 0 Å². The lowest BCUT2D eigenvalue weighted by atomic mass is 9.94. The van der Waals surface area contributed by atoms with Gasteiger partial charge in [-0.15, -0.1) is 11.3 Å². The van der Waals surface area contributed by atoms with Crippen LogP contribution in [-0.2, 0) is 35.3 Å². The number of carbonyl (C=O) groups is 3. The third-order valence-electron chi connectivity index (χ3n) is 10.4. The van der Waals surface area contributed by atoms with Crippen LogP contribution in [0.1, 0.15) is 92.9 Å². The molecule has 1 aliphatic rings. The number of nitrogens with one attached hydrogen (secondary N) is 1. The number of halogens is 1. The highest BCUT2D eigenvalue weighted by molar-refractivity contribution is 7.22. The molecule has 0 unspecified atom stereocenters. The maximum absolute atomic E-state index is 15.2. The number of benzene rings is 3. The van der Waals surface area contributed by atoms with Crippen LogP contribution >= 0.6 is 22.7 Å². The van der Waals surface area contributed by atoms with Crippen LogP contribution in [0.3, 0.4) is 0 Å². The van der Waals surface area contributed by atoms with E-state index in [0.29, 0.717) is 71.8 Å². The van der Waals surface area contributed by atoms with Crippen molar-refractivity contribution in [2.24, 2.45) is 0 Å². The number of aromatic nitrogens is 3. The molecule has 0 radical (unpaired) electrons. The number of amides is 1. The summed E-state index contributed by atoms with van der Waals surface area (Å²) in [6.45, 7) is 3.44. The van der Waals surface area contributed by atoms with Crippen LogP contribution in [0.15, 0.2) is 72.9 Å². The van der Waals surface area contributed by atoms with Gasteiger partial charge in [0.05, 0.1) is 23.9 Å². The van der Waals surface area contributed by atoms with Crippen molar-refractivity contribution in [2.75, 3.05) is 30.5 Å². The van der Waals surface area contributed by atoms with Gasteiger partial charge in [-0.25, -0.2) is 19.2 Å². The molecule has 7 rings (SSSR count). The molecule has 0 saturated heterocycles. The van der Waals surface area contributed by atoms with E-state index in [4.69, 9.17) is 19.6 Å². The van der Waals surface area contributed by atoms with E-state index in [2.05, 4.69) is 26.3 Å². The molecule has 14 heteroatoms. The zero-order valence-corrected chi connectivity index (χ0v) is 34.7. The summed E-state index contributed by atoms with van der Waals surface area (Å²) in [6.07, 6.45) is 8.93. The summed E-state index contributed by atoms with van der Waals surface area (Å²) >= 11 is 2.89. The van der Waals surface area contributed by atoms with Gasteiger partial charge in [0.25, 0.3) is 5.91 Å². The zero-order valence-electron chi connectivity index (χ0n) is 33.1. The molecule has 3 aromatic carbocycles. The van der Waals surface area contributed by atoms with Crippen LogP contribution in [0.25, 0.3) is 21.5 Å². The number of ether oxygens (including phenoxy) is 2. The first-order valence-electron chi connectivity index (χ1n) is 19.9. The maximum Gasteiger partial charge on any atom is 0.357 e. The first-order chi connectivity index (χ1) is 28.7. The number of unbranched alkanes of at least 4 members (excludes halogenated alkanes) is 4. The molecular formula is C45H46FN5O6S2. The summed E-state index contributed by atoms with van der Waals surface area (Å²) in [6, 6.07) is 20.6. The van der Waals surface area contributed by atoms with E-state index in [-0.39, 0.29) is 23.8 Å². The van der Waals surface area contributed by atoms with Gasteiger partial charge in [0, 0.05) is 41.7 Å². The van der Waals surface area contributed by atoms with E-state index in [1.165, 1.54) is 29.8 Å². The van der Waals surface area contributed by atoms with E-state index >= 15 is 4.39 Å². The number of aliphatic carboxylic acids is 1. The molecule has 4 heterocycles. The number of hydrogen-bond acceptors (Lipinski definition) is 11. The van der Waals surface area contributed by atoms with Gasteiger partial charge in [-0.05, 0) is 110 Å². The minimum absolute atomic E-state index is 0.202. The lowest BCUT2D eigenvalue weighted by molar-refractivity contribution is -0.137. The minimum Gasteiger partial charge on any atom is -0.494 e. The fourth-order valence-corrected chi connectivity index (χ4v) is 9.28. The van der Waals surface area contributed by atoms with Crippen LogP contribution in [0.2, 0.25) is 0 Å². The van der Waals surface area contributed by atoms with E-state index in [0.717, 1.165) is 75.9 Å². The fraction of sp³-hybridized carbons (Fsp3) is 0.333. The Morgan fingerprint density at radius 2 is 1.76 bits per heavy atom. The minimum atomic E-state index is -0.762. The highest BCUT2D eigenvalue weighted by atomic mass is 32.1. The normalized spacial score (nSPS) is 12.4. The van der Waals surface area contributed by atoms with Crippen molar-refractivity contribution < 1.29 is 33.4 Å². The number of carboxylic acids is 1. The smallest absolute Gasteiger partial charge is 0.357 e. The van der Waals surface area contributed by atoms with Crippen molar-refractivity contribution in [1.82, 2.24) is 15.0 Å². The molecule has 59 heavy (non-hydrogen) atoms. The molecule has 3 aromatic heterocycles. The second kappa shape index (κ2) is 19.3. The van der Waals surface area contributed by atoms with Crippen LogP contribution in [0, 0.1) is 12.7 Å². The van der Waals surface area contributed by atoms with Crippen molar-refractivity contribution in [3.8, 4) is 17.0 Å². The van der Waals surface area contributed by atoms with Crippen LogP contribution in [-0.4, -0.2) is 58.2 Å². The Balaban J connectivity index is 0.940. The van der Waals surface area contributed by atoms with Crippen LogP contribution in [0.5, 0.6) is 5.75 Å². The maximum atomic E-state index is 15.2. The number of para-hydroxylation sites is 1. The quantitative estimate of drug-likeness (QED) is 0.0634. The average Bonchev–Trinajstić information content (AvgIpc) is 3.85. The fourth-order valence-electron chi connectivity index (χ4n) is 7.31. The topological polar surface area (TPSA) is 144 Å². The number of hydrogen-bond donors (Lipinski definition) is 2. The number of pyridine rings is 1. The highest BCUT2D eigenvalue weighted by Crippen LogP contribution is 2.34. The molecule has 0 fully saturated rings. The number of thiazole rings is 2. The molecule has 0 saturated carbocycles. The predicted octanol–water partition coefficient (Wildman–Crippen LogP) is 9.84. The number of aryl methyl sites for hydroxylation is 3. The molecule has 0 atom stereocenters. The number of rotatable bonds is 18. The van der Waals surface area contributed by atoms with Gasteiger partial charge < -0.3 is 19.5 Å². The molecule has 2 N–H and O–H groups in total. The van der Waals surface area contributed by atoms with Crippen molar-refractivity contribution in [2.45, 2.75) is 77.7 Å². The Hall–Kier alpha value is -5.73. The predicted molar refractivity (Wildman–Crippen MR) is 229 cm³/mol. The molecule has 0 spiro atoms. The van der Waals surface area contributed by atoms with Crippen molar-refractivity contribution in [3.63, 3.8) is 0 Å². The SMILES string of the molecule is COC(=O)c1nc(N2CCc3cccc(C(=O)Nc4nc5ccccc5s4)c3C2)sc1CCCOc1ccc(-c2ncc(CCCCCCCC(=O)O)cc2F)c(C)c1. The summed E-state index contributed by atoms with van der Waals surface area (Å²) in [5.41, 5.74) is 6.41. The highest BCUT2D eigenvalue weighted by Gasteiger charge is 2.27. The van der Waals surface area contributed by atoms with Gasteiger partial charge >= 0.3 is 11.9 Å². The summed E-state index contributed by atoms with van der Waals surface area (Å²) in [5, 5.41) is 13.0. The summed E-state index contributed by atoms with van der Waals surface area (Å²) in [5.74, 6) is -1.19. The van der Waals surface area contributed by atoms with Gasteiger partial charge in [0.15, 0.2) is 16.0 Å². The first kappa shape index (κ1) is 41.4. The Morgan fingerprint density at radius 3 is 2.56 bits per heavy atom. The number of anilines is 2. The van der Waals surface area contributed by atoms with E-state index in [9.17, 15) is 14.4 Å². The van der Waals surface area contributed by atoms with E-state index < -0.39 is 11.9 Å². The number of nitrogens with zero attached hydrogens (tertiary/aromatic N) is 4. The van der Waals surface area contributed by atoms with Gasteiger partial charge in [-0.2, -0.15) is 0 Å². The van der Waals surface area contributed by atoms with Gasteiger partial charge in [-0.1, -0.05) is 54.9 Å². The summed E-state index contributed by atoms with van der Waals surface area (Å²) in [7, 11) is 1.35. The van der Waals surface area contributed by atoms with Gasteiger partial charge in [-0.3, -0.25) is 19.9 Å². The number of methoxy groups -OCH3 is 1. The molecule has 306 valence electrons. The number of carboxylic acid groups (broad SMARTS) is 1. The molecule has 0 bridgehead atoms. The van der Waals surface area contributed by atoms with Crippen LogP contribution in [0.4, 0.5) is 14.7 Å². The third kappa shape index (κ3) is 10.3. The van der Waals surface area contributed by atoms with Crippen molar-refractivity contribution in [3.05, 3.63) is 117 Å². The third-order valence-corrected chi connectivity index (χ3v) is 12.5. The zero-order chi connectivity index (χ0) is 41.3. The van der Waals surface area contributed by atoms with Gasteiger partial charge in [0.1, 0.15) is 17.3 Å². The largest absolute Gasteiger partial charge is 0.494 e. The lowest BCUT2D eigenvalue weighted by Gasteiger charge is -2.29. The Labute approximate surface area is 350 Å². The molecule has 1 amide bonds. The molecule has 0 aliphatic carbocycles. The van der Waals surface area contributed by atoms with Gasteiger partial charge in [0.2, 0.25) is 0 Å². The Morgan fingerprint density at radius 1 is 0.932 bits per heavy atom. The monoisotopic (exact) mass is 835 g/mol. The Kier molecular flexibility index (Phi) is 13.6. The second-order valence-electron chi connectivity index (χ2n) is 14.6. The number of fused-ring (bicyclic) bond motifs is 2. The average molecular weight is 836 g/mol. The molecule has 11 nitrogen and oxygen atoms in total. The van der Waals surface area contributed by atoms with Crippen LogP contribution < -0.4 is 15.0 Å². The molecule has 1 aliphatic heterocycles. The Bertz CT molecular complexity index is 2430. The second-order valence-corrected chi connectivity index (χ2v) is 16.7. The summed E-state index contributed by atoms with van der Waals surface area (Å²) < 4.78 is 27.4. The van der Waals surface area contributed by atoms with E-state index in [1.54, 1.807) is 12.3 Å². The number of carbonyl (C=O) groups excluding carboxylic acids is 2. The lowest BCUT2D eigenvalue weighted by Crippen LogP contribution is -2.32. The summed E-state index contributed by atoms with van der Waals surface area (Å²) in [4.78, 5) is 53.8. The standard InChI is InChI=1S/C45H46FN5O6S2/c1-28-24-31(19-20-32(28)40-35(46)25-29(26-47-40)12-6-4-3-5-7-18-39(52)53)57-23-11-17-38-41(43(55)56-2)49-45(59-38)51-22-21-30-13-10-14-33(34(30)27-51)42(54)50-44-48-36-15-8-9-16-37(36)58-44/h8-10,13-16,19-20,24-26H,3-7,11-12,17-18,21-23,27H2,1-2H3,(H,52,53)(H,48,50,54). The molecule has 6 aromatic rings. The van der Waals surface area contributed by atoms with Crippen molar-refractivity contribution >= 4 is 61.0 Å². The first-order valence-corrected chi connectivity index (χ1v) is 21.5.